The van der Waals surface area contributed by atoms with Gasteiger partial charge in [0.15, 0.2) is 5.96 Å². The number of benzene rings is 1. The number of carboxylic acids is 1. The molecule has 0 radical (unpaired) electrons. The maximum absolute atomic E-state index is 13.3. The molecule has 0 heterocycles. The summed E-state index contributed by atoms with van der Waals surface area (Å²) >= 11 is 0. The van der Waals surface area contributed by atoms with Crippen LogP contribution in [0.15, 0.2) is 29.3 Å². The lowest BCUT2D eigenvalue weighted by Crippen LogP contribution is -2.57. The Labute approximate surface area is 238 Å². The van der Waals surface area contributed by atoms with Gasteiger partial charge in [-0.25, -0.2) is 4.79 Å². The number of phenols is 1. The lowest BCUT2D eigenvalue weighted by atomic mass is 10.0. The molecule has 0 saturated carbocycles. The third-order valence-corrected chi connectivity index (χ3v) is 5.95. The Morgan fingerprint density at radius 2 is 1.41 bits per heavy atom. The number of hydrogen-bond acceptors (Lipinski definition) is 8. The SMILES string of the molecule is CC(C)CC(NC(=O)C(N)CCC(N)=O)C(=O)NC(CCCN=C(N)N)C(=O)NC(Cc1ccc(O)cc1)C(=O)O. The number of amides is 4. The van der Waals surface area contributed by atoms with E-state index in [-0.39, 0.29) is 62.7 Å². The summed E-state index contributed by atoms with van der Waals surface area (Å²) in [5.41, 5.74) is 22.2. The molecule has 1 aromatic carbocycles. The molecule has 0 aliphatic carbocycles. The highest BCUT2D eigenvalue weighted by atomic mass is 16.4. The van der Waals surface area contributed by atoms with Gasteiger partial charge in [-0.15, -0.1) is 0 Å². The fourth-order valence-electron chi connectivity index (χ4n) is 3.80. The number of nitrogens with two attached hydrogens (primary N) is 4. The number of nitrogens with one attached hydrogen (secondary N) is 3. The molecule has 1 rings (SSSR count). The molecule has 228 valence electrons. The Morgan fingerprint density at radius 1 is 0.854 bits per heavy atom. The number of aromatic hydroxyl groups is 1. The summed E-state index contributed by atoms with van der Waals surface area (Å²) in [6.45, 7) is 3.82. The molecule has 4 amide bonds. The highest BCUT2D eigenvalue weighted by Gasteiger charge is 2.30. The van der Waals surface area contributed by atoms with Gasteiger partial charge in [0.05, 0.1) is 6.04 Å². The van der Waals surface area contributed by atoms with Crippen molar-refractivity contribution in [1.29, 1.82) is 0 Å². The average Bonchev–Trinajstić information content (AvgIpc) is 2.88. The van der Waals surface area contributed by atoms with E-state index in [1.807, 2.05) is 13.8 Å². The summed E-state index contributed by atoms with van der Waals surface area (Å²) in [5, 5.41) is 26.8. The standard InChI is InChI=1S/C26H42N8O7/c1-14(2)12-19(33-22(37)17(27)9-10-21(28)36)24(39)32-18(4-3-11-31-26(29)30)23(38)34-20(25(40)41)13-15-5-7-16(35)8-6-15/h5-8,14,17-20,35H,3-4,9-13,27H2,1-2H3,(H2,28,36)(H,32,39)(H,33,37)(H,34,38)(H,40,41)(H4,29,30,31). The molecule has 15 heteroatoms. The van der Waals surface area contributed by atoms with E-state index in [1.54, 1.807) is 0 Å². The second kappa shape index (κ2) is 17.3. The molecule has 1 aromatic rings. The van der Waals surface area contributed by atoms with Crippen LogP contribution in [0.4, 0.5) is 0 Å². The molecule has 41 heavy (non-hydrogen) atoms. The predicted molar refractivity (Wildman–Crippen MR) is 151 cm³/mol. The monoisotopic (exact) mass is 578 g/mol. The van der Waals surface area contributed by atoms with Gasteiger partial charge in [0.25, 0.3) is 0 Å². The minimum absolute atomic E-state index is 0.00470. The molecule has 0 aliphatic rings. The van der Waals surface area contributed by atoms with Crippen LogP contribution in [0.5, 0.6) is 5.75 Å². The van der Waals surface area contributed by atoms with Gasteiger partial charge in [-0.2, -0.15) is 0 Å². The molecule has 0 aromatic heterocycles. The lowest BCUT2D eigenvalue weighted by molar-refractivity contribution is -0.142. The van der Waals surface area contributed by atoms with Crippen molar-refractivity contribution in [3.63, 3.8) is 0 Å². The maximum Gasteiger partial charge on any atom is 0.326 e. The van der Waals surface area contributed by atoms with Gasteiger partial charge in [0.2, 0.25) is 23.6 Å². The zero-order valence-electron chi connectivity index (χ0n) is 23.3. The van der Waals surface area contributed by atoms with Gasteiger partial charge in [0.1, 0.15) is 23.9 Å². The van der Waals surface area contributed by atoms with Gasteiger partial charge in [0, 0.05) is 19.4 Å². The molecule has 0 bridgehead atoms. The van der Waals surface area contributed by atoms with Crippen molar-refractivity contribution >= 4 is 35.6 Å². The first-order chi connectivity index (χ1) is 19.2. The highest BCUT2D eigenvalue weighted by molar-refractivity contribution is 5.94. The minimum Gasteiger partial charge on any atom is -0.508 e. The first-order valence-corrected chi connectivity index (χ1v) is 13.2. The van der Waals surface area contributed by atoms with Crippen LogP contribution in [0.2, 0.25) is 0 Å². The summed E-state index contributed by atoms with van der Waals surface area (Å²) in [5.74, 6) is -4.21. The summed E-state index contributed by atoms with van der Waals surface area (Å²) in [4.78, 5) is 65.9. The van der Waals surface area contributed by atoms with E-state index >= 15 is 0 Å². The molecular weight excluding hydrogens is 536 g/mol. The van der Waals surface area contributed by atoms with Crippen molar-refractivity contribution in [1.82, 2.24) is 16.0 Å². The Morgan fingerprint density at radius 3 is 1.95 bits per heavy atom. The number of primary amides is 1. The van der Waals surface area contributed by atoms with Crippen molar-refractivity contribution in [2.75, 3.05) is 6.54 Å². The summed E-state index contributed by atoms with van der Waals surface area (Å²) < 4.78 is 0. The minimum atomic E-state index is -1.33. The van der Waals surface area contributed by atoms with Crippen LogP contribution in [0.3, 0.4) is 0 Å². The van der Waals surface area contributed by atoms with Crippen molar-refractivity contribution < 1.29 is 34.2 Å². The summed E-state index contributed by atoms with van der Waals surface area (Å²) in [7, 11) is 0. The highest BCUT2D eigenvalue weighted by Crippen LogP contribution is 2.12. The zero-order valence-corrected chi connectivity index (χ0v) is 23.3. The Hall–Kier alpha value is -4.40. The van der Waals surface area contributed by atoms with E-state index in [9.17, 15) is 34.2 Å². The molecule has 15 nitrogen and oxygen atoms in total. The van der Waals surface area contributed by atoms with Gasteiger partial charge in [-0.1, -0.05) is 26.0 Å². The lowest BCUT2D eigenvalue weighted by Gasteiger charge is -2.26. The van der Waals surface area contributed by atoms with Gasteiger partial charge in [-0.05, 0) is 49.3 Å². The average molecular weight is 579 g/mol. The van der Waals surface area contributed by atoms with E-state index in [4.69, 9.17) is 22.9 Å². The fourth-order valence-corrected chi connectivity index (χ4v) is 3.80. The summed E-state index contributed by atoms with van der Waals surface area (Å²) in [6, 6.07) is 1.17. The van der Waals surface area contributed by atoms with E-state index in [0.717, 1.165) is 0 Å². The number of aliphatic imine (C=N–C) groups is 1. The fraction of sp³-hybridized carbons (Fsp3) is 0.538. The Balaban J connectivity index is 3.08. The van der Waals surface area contributed by atoms with Gasteiger partial charge < -0.3 is 49.1 Å². The van der Waals surface area contributed by atoms with Crippen molar-refractivity contribution in [2.24, 2.45) is 33.8 Å². The molecule has 0 fully saturated rings. The third kappa shape index (κ3) is 14.0. The Bertz CT molecular complexity index is 1070. The normalized spacial score (nSPS) is 13.8. The number of guanidine groups is 1. The van der Waals surface area contributed by atoms with Crippen LogP contribution in [0, 0.1) is 5.92 Å². The molecule has 0 saturated heterocycles. The number of aliphatic carboxylic acids is 1. The number of carboxylic acid groups (broad SMARTS) is 1. The molecule has 13 N–H and O–H groups in total. The topological polar surface area (TPSA) is 278 Å². The second-order valence-electron chi connectivity index (χ2n) is 10.1. The zero-order chi connectivity index (χ0) is 31.1. The van der Waals surface area contributed by atoms with E-state index in [0.29, 0.717) is 5.56 Å². The number of rotatable bonds is 18. The van der Waals surface area contributed by atoms with Crippen LogP contribution >= 0.6 is 0 Å². The van der Waals surface area contributed by atoms with Crippen molar-refractivity contribution in [3.8, 4) is 5.75 Å². The number of carbonyl (C=O) groups is 5. The third-order valence-electron chi connectivity index (χ3n) is 5.95. The van der Waals surface area contributed by atoms with Crippen molar-refractivity contribution in [3.05, 3.63) is 29.8 Å². The van der Waals surface area contributed by atoms with Crippen LogP contribution in [0.25, 0.3) is 0 Å². The van der Waals surface area contributed by atoms with Crippen LogP contribution < -0.4 is 38.9 Å². The number of hydrogen-bond donors (Lipinski definition) is 9. The maximum atomic E-state index is 13.3. The van der Waals surface area contributed by atoms with Crippen LogP contribution in [-0.2, 0) is 30.4 Å². The van der Waals surface area contributed by atoms with Crippen LogP contribution in [-0.4, -0.2) is 76.5 Å². The molecular formula is C26H42N8O7. The van der Waals surface area contributed by atoms with E-state index in [2.05, 4.69) is 20.9 Å². The first kappa shape index (κ1) is 34.6. The number of carbonyl (C=O) groups excluding carboxylic acids is 4. The quantitative estimate of drug-likeness (QED) is 0.0533. The molecule has 0 aliphatic heterocycles. The van der Waals surface area contributed by atoms with Crippen LogP contribution in [0.1, 0.15) is 51.5 Å². The second-order valence-corrected chi connectivity index (χ2v) is 10.1. The Kier molecular flexibility index (Phi) is 14.6. The van der Waals surface area contributed by atoms with E-state index < -0.39 is 53.8 Å². The molecule has 0 spiro atoms. The van der Waals surface area contributed by atoms with E-state index in [1.165, 1.54) is 24.3 Å². The molecule has 4 atom stereocenters. The largest absolute Gasteiger partial charge is 0.508 e. The van der Waals surface area contributed by atoms with Crippen molar-refractivity contribution in [2.45, 2.75) is 76.5 Å². The smallest absolute Gasteiger partial charge is 0.326 e. The number of phenolic OH excluding ortho intramolecular Hbond substituents is 1. The number of nitrogens with zero attached hydrogens (tertiary/aromatic N) is 1. The summed E-state index contributed by atoms with van der Waals surface area (Å²) in [6.07, 6.45) is 0.338. The molecule has 4 unspecified atom stereocenters. The predicted octanol–water partition coefficient (Wildman–Crippen LogP) is -1.83. The first-order valence-electron chi connectivity index (χ1n) is 13.2. The van der Waals surface area contributed by atoms with Gasteiger partial charge in [-0.3, -0.25) is 24.2 Å². The van der Waals surface area contributed by atoms with Gasteiger partial charge >= 0.3 is 5.97 Å².